The Morgan fingerprint density at radius 2 is 1.70 bits per heavy atom. The van der Waals surface area contributed by atoms with Gasteiger partial charge in [-0.15, -0.1) is 0 Å². The first-order valence-electron chi connectivity index (χ1n) is 9.30. The van der Waals surface area contributed by atoms with Crippen LogP contribution in [0.1, 0.15) is 17.3 Å². The fraction of sp³-hybridized carbons (Fsp3) is 0.136. The topological polar surface area (TPSA) is 75.7 Å². The molecule has 0 fully saturated rings. The van der Waals surface area contributed by atoms with Gasteiger partial charge < -0.3 is 10.1 Å². The number of hydrogen-bond acceptors (Lipinski definition) is 4. The minimum Gasteiger partial charge on any atom is -0.487 e. The summed E-state index contributed by atoms with van der Waals surface area (Å²) in [5.41, 5.74) is 1.32. The number of halogens is 1. The van der Waals surface area contributed by atoms with Crippen molar-refractivity contribution in [2.45, 2.75) is 17.9 Å². The zero-order valence-corrected chi connectivity index (χ0v) is 17.7. The van der Waals surface area contributed by atoms with Gasteiger partial charge in [0.25, 0.3) is 15.9 Å². The van der Waals surface area contributed by atoms with E-state index in [2.05, 4.69) is 5.32 Å². The highest BCUT2D eigenvalue weighted by Crippen LogP contribution is 2.36. The molecular weight excluding hydrogens is 424 g/mol. The first-order valence-corrected chi connectivity index (χ1v) is 11.1. The Balaban J connectivity index is 1.58. The molecule has 0 saturated heterocycles. The van der Waals surface area contributed by atoms with Crippen LogP contribution in [-0.2, 0) is 10.0 Å². The van der Waals surface area contributed by atoms with E-state index in [4.69, 9.17) is 16.3 Å². The third-order valence-corrected chi connectivity index (χ3v) is 6.83. The highest BCUT2D eigenvalue weighted by atomic mass is 35.5. The number of carbonyl (C=O) groups excluding carboxylic acids is 1. The predicted octanol–water partition coefficient (Wildman–Crippen LogP) is 4.57. The molecular formula is C22H19ClN2O4S. The Morgan fingerprint density at radius 3 is 2.43 bits per heavy atom. The van der Waals surface area contributed by atoms with Crippen molar-refractivity contribution in [3.05, 3.63) is 83.4 Å². The Bertz CT molecular complexity index is 1200. The molecule has 1 aliphatic rings. The summed E-state index contributed by atoms with van der Waals surface area (Å²) in [5.74, 6) is 0.163. The molecule has 0 radical (unpaired) electrons. The number of rotatable bonds is 4. The molecule has 1 aliphatic heterocycles. The molecule has 3 aromatic rings. The van der Waals surface area contributed by atoms with E-state index in [1.807, 2.05) is 6.92 Å². The molecule has 0 unspecified atom stereocenters. The maximum atomic E-state index is 13.3. The van der Waals surface area contributed by atoms with Crippen LogP contribution in [0.3, 0.4) is 0 Å². The zero-order chi connectivity index (χ0) is 21.3. The van der Waals surface area contributed by atoms with E-state index >= 15 is 0 Å². The van der Waals surface area contributed by atoms with Crippen LogP contribution in [0.2, 0.25) is 5.02 Å². The first kappa shape index (κ1) is 20.3. The van der Waals surface area contributed by atoms with Crippen molar-refractivity contribution in [3.63, 3.8) is 0 Å². The van der Waals surface area contributed by atoms with Gasteiger partial charge in [-0.25, -0.2) is 8.42 Å². The smallest absolute Gasteiger partial charge is 0.264 e. The highest BCUT2D eigenvalue weighted by Gasteiger charge is 2.32. The van der Waals surface area contributed by atoms with E-state index in [1.165, 1.54) is 16.4 Å². The lowest BCUT2D eigenvalue weighted by molar-refractivity contribution is 0.102. The fourth-order valence-corrected chi connectivity index (χ4v) is 5.03. The largest absolute Gasteiger partial charge is 0.487 e. The molecule has 0 aromatic heterocycles. The number of ether oxygens (including phenoxy) is 1. The maximum absolute atomic E-state index is 13.3. The van der Waals surface area contributed by atoms with Gasteiger partial charge in [0, 0.05) is 5.69 Å². The van der Waals surface area contributed by atoms with E-state index in [-0.39, 0.29) is 23.5 Å². The summed E-state index contributed by atoms with van der Waals surface area (Å²) in [7, 11) is -3.79. The summed E-state index contributed by atoms with van der Waals surface area (Å²) >= 11 is 6.05. The Morgan fingerprint density at radius 1 is 1.03 bits per heavy atom. The van der Waals surface area contributed by atoms with Gasteiger partial charge in [0.2, 0.25) is 0 Å². The molecule has 4 rings (SSSR count). The summed E-state index contributed by atoms with van der Waals surface area (Å²) in [6, 6.07) is 19.8. The van der Waals surface area contributed by atoms with Gasteiger partial charge in [-0.2, -0.15) is 0 Å². The van der Waals surface area contributed by atoms with E-state index in [9.17, 15) is 13.2 Å². The number of anilines is 2. The van der Waals surface area contributed by atoms with Crippen molar-refractivity contribution < 1.29 is 17.9 Å². The van der Waals surface area contributed by atoms with Gasteiger partial charge in [-0.3, -0.25) is 9.10 Å². The van der Waals surface area contributed by atoms with Gasteiger partial charge in [0.15, 0.2) is 0 Å². The highest BCUT2D eigenvalue weighted by molar-refractivity contribution is 7.92. The molecule has 0 saturated carbocycles. The third-order valence-electron chi connectivity index (χ3n) is 4.70. The number of benzene rings is 3. The number of carbonyl (C=O) groups is 1. The SMILES string of the molecule is C[C@@H]1CN(S(=O)(=O)c2ccc(NC(=O)c3ccccc3Cl)cc2)c2ccccc2O1. The van der Waals surface area contributed by atoms with Gasteiger partial charge in [-0.1, -0.05) is 35.9 Å². The standard InChI is InChI=1S/C22H19ClN2O4S/c1-15-14-25(20-8-4-5-9-21(20)29-15)30(27,28)17-12-10-16(11-13-17)24-22(26)18-6-2-3-7-19(18)23/h2-13,15H,14H2,1H3,(H,24,26)/t15-/m1/s1. The number of amides is 1. The monoisotopic (exact) mass is 442 g/mol. The molecule has 30 heavy (non-hydrogen) atoms. The minimum atomic E-state index is -3.79. The predicted molar refractivity (Wildman–Crippen MR) is 117 cm³/mol. The number of nitrogens with zero attached hydrogens (tertiary/aromatic N) is 1. The second-order valence-corrected chi connectivity index (χ2v) is 9.16. The lowest BCUT2D eigenvalue weighted by atomic mass is 10.2. The number of fused-ring (bicyclic) bond motifs is 1. The quantitative estimate of drug-likeness (QED) is 0.642. The molecule has 1 atom stereocenters. The van der Waals surface area contributed by atoms with Crippen LogP contribution in [-0.4, -0.2) is 27.0 Å². The summed E-state index contributed by atoms with van der Waals surface area (Å²) in [6.07, 6.45) is -0.274. The van der Waals surface area contributed by atoms with E-state index < -0.39 is 10.0 Å². The average Bonchev–Trinajstić information content (AvgIpc) is 2.73. The van der Waals surface area contributed by atoms with Crippen LogP contribution < -0.4 is 14.4 Å². The van der Waals surface area contributed by atoms with Crippen molar-refractivity contribution in [3.8, 4) is 5.75 Å². The van der Waals surface area contributed by atoms with Gasteiger partial charge in [0.1, 0.15) is 11.9 Å². The first-order chi connectivity index (χ1) is 14.4. The fourth-order valence-electron chi connectivity index (χ4n) is 3.26. The molecule has 1 amide bonds. The summed E-state index contributed by atoms with van der Waals surface area (Å²) in [4.78, 5) is 12.5. The van der Waals surface area contributed by atoms with E-state index in [1.54, 1.807) is 60.7 Å². The van der Waals surface area contributed by atoms with Gasteiger partial charge in [0.05, 0.1) is 27.7 Å². The Hall–Kier alpha value is -3.03. The van der Waals surface area contributed by atoms with Crippen LogP contribution in [0, 0.1) is 0 Å². The van der Waals surface area contributed by atoms with E-state index in [0.717, 1.165) is 0 Å². The summed E-state index contributed by atoms with van der Waals surface area (Å²) in [5, 5.41) is 3.07. The van der Waals surface area contributed by atoms with Crippen LogP contribution in [0.4, 0.5) is 11.4 Å². The average molecular weight is 443 g/mol. The van der Waals surface area contributed by atoms with Crippen LogP contribution in [0.15, 0.2) is 77.7 Å². The number of sulfonamides is 1. The molecule has 1 heterocycles. The summed E-state index contributed by atoms with van der Waals surface area (Å²) < 4.78 is 33.6. The second-order valence-electron chi connectivity index (χ2n) is 6.89. The number of hydrogen-bond donors (Lipinski definition) is 1. The molecule has 1 N–H and O–H groups in total. The molecule has 8 heteroatoms. The minimum absolute atomic E-state index is 0.127. The lowest BCUT2D eigenvalue weighted by Crippen LogP contribution is -2.42. The van der Waals surface area contributed by atoms with Crippen LogP contribution >= 0.6 is 11.6 Å². The van der Waals surface area contributed by atoms with Crippen molar-refractivity contribution in [2.24, 2.45) is 0 Å². The van der Waals surface area contributed by atoms with Gasteiger partial charge in [-0.05, 0) is 55.5 Å². The molecule has 0 spiro atoms. The Labute approximate surface area is 180 Å². The molecule has 3 aromatic carbocycles. The molecule has 6 nitrogen and oxygen atoms in total. The molecule has 154 valence electrons. The zero-order valence-electron chi connectivity index (χ0n) is 16.1. The maximum Gasteiger partial charge on any atom is 0.264 e. The number of para-hydroxylation sites is 2. The third kappa shape index (κ3) is 3.86. The lowest BCUT2D eigenvalue weighted by Gasteiger charge is -2.34. The molecule has 0 bridgehead atoms. The van der Waals surface area contributed by atoms with Crippen molar-refractivity contribution in [1.29, 1.82) is 0 Å². The van der Waals surface area contributed by atoms with E-state index in [0.29, 0.717) is 27.7 Å². The number of nitrogens with one attached hydrogen (secondary N) is 1. The Kier molecular flexibility index (Phi) is 5.40. The van der Waals surface area contributed by atoms with Crippen LogP contribution in [0.25, 0.3) is 0 Å². The molecule has 0 aliphatic carbocycles. The van der Waals surface area contributed by atoms with Gasteiger partial charge >= 0.3 is 0 Å². The summed E-state index contributed by atoms with van der Waals surface area (Å²) in [6.45, 7) is 2.04. The normalized spacial score (nSPS) is 15.8. The van der Waals surface area contributed by atoms with Crippen LogP contribution in [0.5, 0.6) is 5.75 Å². The van der Waals surface area contributed by atoms with Crippen molar-refractivity contribution in [2.75, 3.05) is 16.2 Å². The van der Waals surface area contributed by atoms with Crippen molar-refractivity contribution >= 4 is 38.9 Å². The van der Waals surface area contributed by atoms with Crippen molar-refractivity contribution in [1.82, 2.24) is 0 Å². The second kappa shape index (κ2) is 8.01.